The SMILES string of the molecule is CCCOc1ccc(/C=C(\Cl)c2nc3cc(C(=O)O)ccc3c(=O)[nH]2)cc1. The number of aromatic carboxylic acids is 1. The van der Waals surface area contributed by atoms with E-state index < -0.39 is 5.97 Å². The van der Waals surface area contributed by atoms with Crippen LogP contribution in [0.5, 0.6) is 5.75 Å². The molecule has 0 saturated heterocycles. The minimum absolute atomic E-state index is 0.0503. The molecular formula is C20H17ClN2O4. The second kappa shape index (κ2) is 8.05. The molecule has 138 valence electrons. The van der Waals surface area contributed by atoms with Gasteiger partial charge in [-0.25, -0.2) is 9.78 Å². The standard InChI is InChI=1S/C20H17ClN2O4/c1-2-9-27-14-6-3-12(4-7-14)10-16(21)18-22-17-11-13(20(25)26)5-8-15(17)19(24)23-18/h3-8,10-11H,2,9H2,1H3,(H,25,26)(H,22,23,24)/b16-10-. The maximum absolute atomic E-state index is 12.2. The lowest BCUT2D eigenvalue weighted by Gasteiger charge is -2.05. The van der Waals surface area contributed by atoms with Crippen LogP contribution in [0.3, 0.4) is 0 Å². The molecule has 0 bridgehead atoms. The molecule has 0 aliphatic heterocycles. The summed E-state index contributed by atoms with van der Waals surface area (Å²) in [5.41, 5.74) is 0.741. The summed E-state index contributed by atoms with van der Waals surface area (Å²) in [6.45, 7) is 2.68. The lowest BCUT2D eigenvalue weighted by molar-refractivity contribution is 0.0697. The van der Waals surface area contributed by atoms with Gasteiger partial charge in [0.2, 0.25) is 0 Å². The Hall–Kier alpha value is -3.12. The number of rotatable bonds is 6. The molecule has 0 radical (unpaired) electrons. The highest BCUT2D eigenvalue weighted by Crippen LogP contribution is 2.22. The third kappa shape index (κ3) is 4.35. The van der Waals surface area contributed by atoms with Gasteiger partial charge in [-0.3, -0.25) is 4.79 Å². The van der Waals surface area contributed by atoms with E-state index >= 15 is 0 Å². The van der Waals surface area contributed by atoms with Gasteiger partial charge in [0.1, 0.15) is 5.75 Å². The van der Waals surface area contributed by atoms with E-state index in [0.717, 1.165) is 17.7 Å². The molecule has 0 amide bonds. The van der Waals surface area contributed by atoms with Crippen LogP contribution < -0.4 is 10.3 Å². The van der Waals surface area contributed by atoms with Crippen LogP contribution in [-0.2, 0) is 0 Å². The summed E-state index contributed by atoms with van der Waals surface area (Å²) in [5, 5.41) is 9.63. The Morgan fingerprint density at radius 2 is 2.00 bits per heavy atom. The zero-order valence-electron chi connectivity index (χ0n) is 14.5. The van der Waals surface area contributed by atoms with E-state index in [1.54, 1.807) is 6.08 Å². The summed E-state index contributed by atoms with van der Waals surface area (Å²) in [6.07, 6.45) is 2.59. The van der Waals surface area contributed by atoms with Gasteiger partial charge < -0.3 is 14.8 Å². The van der Waals surface area contributed by atoms with Crippen LogP contribution in [0.4, 0.5) is 0 Å². The lowest BCUT2D eigenvalue weighted by Crippen LogP contribution is -2.11. The fraction of sp³-hybridized carbons (Fsp3) is 0.150. The maximum Gasteiger partial charge on any atom is 0.335 e. The molecule has 3 rings (SSSR count). The quantitative estimate of drug-likeness (QED) is 0.666. The average Bonchev–Trinajstić information content (AvgIpc) is 2.66. The first-order chi connectivity index (χ1) is 13.0. The number of benzene rings is 2. The van der Waals surface area contributed by atoms with E-state index in [9.17, 15) is 9.59 Å². The van der Waals surface area contributed by atoms with E-state index in [4.69, 9.17) is 21.4 Å². The summed E-state index contributed by atoms with van der Waals surface area (Å²) in [4.78, 5) is 30.3. The van der Waals surface area contributed by atoms with Crippen LogP contribution in [-0.4, -0.2) is 27.7 Å². The second-order valence-corrected chi connectivity index (χ2v) is 6.27. The van der Waals surface area contributed by atoms with Crippen molar-refractivity contribution in [3.8, 4) is 5.75 Å². The number of aromatic nitrogens is 2. The number of halogens is 1. The number of aromatic amines is 1. The number of H-pyrrole nitrogens is 1. The Kier molecular flexibility index (Phi) is 5.57. The van der Waals surface area contributed by atoms with Crippen molar-refractivity contribution >= 4 is 39.6 Å². The van der Waals surface area contributed by atoms with Crippen molar-refractivity contribution in [3.63, 3.8) is 0 Å². The first-order valence-corrected chi connectivity index (χ1v) is 8.73. The molecule has 6 nitrogen and oxygen atoms in total. The molecular weight excluding hydrogens is 368 g/mol. The number of nitrogens with one attached hydrogen (secondary N) is 1. The van der Waals surface area contributed by atoms with Gasteiger partial charge in [0.25, 0.3) is 5.56 Å². The number of ether oxygens (including phenoxy) is 1. The lowest BCUT2D eigenvalue weighted by atomic mass is 10.1. The highest BCUT2D eigenvalue weighted by Gasteiger charge is 2.10. The minimum atomic E-state index is -1.09. The fourth-order valence-corrected chi connectivity index (χ4v) is 2.70. The van der Waals surface area contributed by atoms with Gasteiger partial charge in [0.05, 0.1) is 28.1 Å². The molecule has 0 saturated carbocycles. The second-order valence-electron chi connectivity index (χ2n) is 5.86. The maximum atomic E-state index is 12.2. The summed E-state index contributed by atoms with van der Waals surface area (Å²) in [5.74, 6) is -0.154. The van der Waals surface area contributed by atoms with Gasteiger partial charge in [0.15, 0.2) is 5.82 Å². The first kappa shape index (κ1) is 18.7. The molecule has 2 aromatic carbocycles. The Bertz CT molecular complexity index is 1070. The van der Waals surface area contributed by atoms with Crippen molar-refractivity contribution in [3.05, 3.63) is 69.8 Å². The first-order valence-electron chi connectivity index (χ1n) is 8.35. The van der Waals surface area contributed by atoms with Gasteiger partial charge in [0, 0.05) is 0 Å². The van der Waals surface area contributed by atoms with Crippen LogP contribution in [0.15, 0.2) is 47.3 Å². The van der Waals surface area contributed by atoms with Crippen molar-refractivity contribution in [2.24, 2.45) is 0 Å². The molecule has 0 atom stereocenters. The number of nitrogens with zero attached hydrogens (tertiary/aromatic N) is 1. The molecule has 0 fully saturated rings. The number of hydrogen-bond donors (Lipinski definition) is 2. The highest BCUT2D eigenvalue weighted by atomic mass is 35.5. The highest BCUT2D eigenvalue weighted by molar-refractivity contribution is 6.50. The number of fused-ring (bicyclic) bond motifs is 1. The molecule has 27 heavy (non-hydrogen) atoms. The van der Waals surface area contributed by atoms with Crippen LogP contribution >= 0.6 is 11.6 Å². The van der Waals surface area contributed by atoms with Crippen LogP contribution in [0.2, 0.25) is 0 Å². The average molecular weight is 385 g/mol. The molecule has 3 aromatic rings. The van der Waals surface area contributed by atoms with Crippen LogP contribution in [0.25, 0.3) is 22.0 Å². The van der Waals surface area contributed by atoms with Crippen LogP contribution in [0.1, 0.15) is 35.1 Å². The molecule has 1 heterocycles. The monoisotopic (exact) mass is 384 g/mol. The van der Waals surface area contributed by atoms with Gasteiger partial charge >= 0.3 is 5.97 Å². The number of carboxylic acid groups (broad SMARTS) is 1. The van der Waals surface area contributed by atoms with Gasteiger partial charge in [-0.1, -0.05) is 30.7 Å². The van der Waals surface area contributed by atoms with E-state index in [1.807, 2.05) is 31.2 Å². The third-order valence-electron chi connectivity index (χ3n) is 3.83. The normalized spacial score (nSPS) is 11.6. The van der Waals surface area contributed by atoms with E-state index in [2.05, 4.69) is 9.97 Å². The van der Waals surface area contributed by atoms with Gasteiger partial charge in [-0.05, 0) is 48.4 Å². The Morgan fingerprint density at radius 1 is 1.26 bits per heavy atom. The summed E-state index contributed by atoms with van der Waals surface area (Å²) in [6, 6.07) is 11.5. The number of carboxylic acids is 1. The zero-order valence-corrected chi connectivity index (χ0v) is 15.3. The molecule has 0 aliphatic rings. The topological polar surface area (TPSA) is 92.3 Å². The van der Waals surface area contributed by atoms with E-state index in [1.165, 1.54) is 18.2 Å². The number of carbonyl (C=O) groups is 1. The fourth-order valence-electron chi connectivity index (χ4n) is 2.48. The predicted octanol–water partition coefficient (Wildman–Crippen LogP) is 4.15. The Morgan fingerprint density at radius 3 is 2.67 bits per heavy atom. The van der Waals surface area contributed by atoms with Gasteiger partial charge in [-0.2, -0.15) is 0 Å². The third-order valence-corrected chi connectivity index (χ3v) is 4.11. The zero-order chi connectivity index (χ0) is 19.4. The van der Waals surface area contributed by atoms with E-state index in [-0.39, 0.29) is 27.5 Å². The van der Waals surface area contributed by atoms with Crippen molar-refractivity contribution in [1.29, 1.82) is 0 Å². The van der Waals surface area contributed by atoms with Crippen molar-refractivity contribution < 1.29 is 14.6 Å². The largest absolute Gasteiger partial charge is 0.494 e. The van der Waals surface area contributed by atoms with Crippen molar-refractivity contribution in [1.82, 2.24) is 9.97 Å². The van der Waals surface area contributed by atoms with Crippen molar-refractivity contribution in [2.75, 3.05) is 6.61 Å². The molecule has 1 aromatic heterocycles. The molecule has 2 N–H and O–H groups in total. The summed E-state index contributed by atoms with van der Waals surface area (Å²) < 4.78 is 5.53. The van der Waals surface area contributed by atoms with E-state index in [0.29, 0.717) is 12.0 Å². The number of hydrogen-bond acceptors (Lipinski definition) is 4. The smallest absolute Gasteiger partial charge is 0.335 e. The molecule has 0 unspecified atom stereocenters. The van der Waals surface area contributed by atoms with Gasteiger partial charge in [-0.15, -0.1) is 0 Å². The Balaban J connectivity index is 1.94. The summed E-state index contributed by atoms with van der Waals surface area (Å²) >= 11 is 6.32. The molecule has 0 aliphatic carbocycles. The molecule has 0 spiro atoms. The molecule has 7 heteroatoms. The van der Waals surface area contributed by atoms with Crippen LogP contribution in [0, 0.1) is 0 Å². The van der Waals surface area contributed by atoms with Crippen molar-refractivity contribution in [2.45, 2.75) is 13.3 Å². The summed E-state index contributed by atoms with van der Waals surface area (Å²) in [7, 11) is 0. The predicted molar refractivity (Wildman–Crippen MR) is 105 cm³/mol. The minimum Gasteiger partial charge on any atom is -0.494 e. The Labute approximate surface area is 160 Å².